The van der Waals surface area contributed by atoms with E-state index in [-0.39, 0.29) is 6.61 Å². The highest BCUT2D eigenvalue weighted by atomic mass is 16.5. The Labute approximate surface area is 104 Å². The Morgan fingerprint density at radius 1 is 1.33 bits per heavy atom. The molecule has 0 unspecified atom stereocenters. The van der Waals surface area contributed by atoms with E-state index in [1.165, 1.54) is 6.33 Å². The van der Waals surface area contributed by atoms with Gasteiger partial charge in [-0.3, -0.25) is 0 Å². The maximum absolute atomic E-state index is 9.22. The molecule has 0 atom stereocenters. The van der Waals surface area contributed by atoms with Crippen LogP contribution in [0.1, 0.15) is 11.1 Å². The molecular weight excluding hydrogens is 232 g/mol. The van der Waals surface area contributed by atoms with Crippen molar-refractivity contribution in [2.24, 2.45) is 5.84 Å². The predicted molar refractivity (Wildman–Crippen MR) is 67.0 cm³/mol. The SMILES string of the molecule is Cc1c(NN)ncnc1Oc1ccccc1CO. The molecule has 4 N–H and O–H groups in total. The van der Waals surface area contributed by atoms with Crippen molar-refractivity contribution in [3.63, 3.8) is 0 Å². The Morgan fingerprint density at radius 3 is 2.83 bits per heavy atom. The normalized spacial score (nSPS) is 10.2. The van der Waals surface area contributed by atoms with E-state index in [9.17, 15) is 5.11 Å². The number of rotatable bonds is 4. The molecule has 0 aliphatic rings. The van der Waals surface area contributed by atoms with Crippen molar-refractivity contribution in [2.75, 3.05) is 5.43 Å². The van der Waals surface area contributed by atoms with Gasteiger partial charge in [-0.25, -0.2) is 15.8 Å². The average Bonchev–Trinajstić information content (AvgIpc) is 2.42. The Morgan fingerprint density at radius 2 is 2.11 bits per heavy atom. The molecule has 0 saturated heterocycles. The first-order valence-electron chi connectivity index (χ1n) is 5.41. The first-order valence-corrected chi connectivity index (χ1v) is 5.41. The van der Waals surface area contributed by atoms with Crippen LogP contribution in [0.2, 0.25) is 0 Å². The molecule has 6 heteroatoms. The lowest BCUT2D eigenvalue weighted by Crippen LogP contribution is -2.11. The summed E-state index contributed by atoms with van der Waals surface area (Å²) in [4.78, 5) is 8.01. The number of hydrogen-bond acceptors (Lipinski definition) is 6. The minimum atomic E-state index is -0.0949. The summed E-state index contributed by atoms with van der Waals surface area (Å²) >= 11 is 0. The quantitative estimate of drug-likeness (QED) is 0.557. The van der Waals surface area contributed by atoms with E-state index >= 15 is 0 Å². The summed E-state index contributed by atoms with van der Waals surface area (Å²) in [5, 5.41) is 9.22. The second-order valence-corrected chi connectivity index (χ2v) is 3.66. The van der Waals surface area contributed by atoms with Crippen LogP contribution in [-0.4, -0.2) is 15.1 Å². The lowest BCUT2D eigenvalue weighted by molar-refractivity contribution is 0.276. The molecule has 0 saturated carbocycles. The van der Waals surface area contributed by atoms with Gasteiger partial charge in [-0.15, -0.1) is 0 Å². The third-order valence-electron chi connectivity index (χ3n) is 2.52. The zero-order valence-corrected chi connectivity index (χ0v) is 9.92. The number of para-hydroxylation sites is 1. The van der Waals surface area contributed by atoms with Crippen molar-refractivity contribution >= 4 is 5.82 Å². The van der Waals surface area contributed by atoms with Crippen molar-refractivity contribution < 1.29 is 9.84 Å². The molecule has 0 aliphatic heterocycles. The van der Waals surface area contributed by atoms with Crippen LogP contribution in [0.3, 0.4) is 0 Å². The average molecular weight is 246 g/mol. The van der Waals surface area contributed by atoms with Gasteiger partial charge in [-0.05, 0) is 13.0 Å². The van der Waals surface area contributed by atoms with Gasteiger partial charge in [-0.1, -0.05) is 18.2 Å². The number of nitrogens with one attached hydrogen (secondary N) is 1. The second kappa shape index (κ2) is 5.44. The summed E-state index contributed by atoms with van der Waals surface area (Å²) in [6, 6.07) is 7.21. The highest BCUT2D eigenvalue weighted by Crippen LogP contribution is 2.28. The molecule has 18 heavy (non-hydrogen) atoms. The first-order chi connectivity index (χ1) is 8.76. The van der Waals surface area contributed by atoms with Crippen LogP contribution in [0.15, 0.2) is 30.6 Å². The Kier molecular flexibility index (Phi) is 3.71. The Balaban J connectivity index is 2.34. The topological polar surface area (TPSA) is 93.3 Å². The van der Waals surface area contributed by atoms with Crippen LogP contribution in [0.4, 0.5) is 5.82 Å². The smallest absolute Gasteiger partial charge is 0.227 e. The fourth-order valence-corrected chi connectivity index (χ4v) is 1.52. The number of nitrogens with two attached hydrogens (primary N) is 1. The standard InChI is InChI=1S/C12H14N4O2/c1-8-11(16-13)14-7-15-12(8)18-10-5-3-2-4-9(10)6-17/h2-5,7,17H,6,13H2,1H3,(H,14,15,16). The Hall–Kier alpha value is -2.18. The molecule has 0 bridgehead atoms. The summed E-state index contributed by atoms with van der Waals surface area (Å²) in [7, 11) is 0. The van der Waals surface area contributed by atoms with Gasteiger partial charge in [0.2, 0.25) is 5.88 Å². The van der Waals surface area contributed by atoms with Gasteiger partial charge in [0.05, 0.1) is 12.2 Å². The second-order valence-electron chi connectivity index (χ2n) is 3.66. The third kappa shape index (κ3) is 2.39. The number of aliphatic hydroxyl groups excluding tert-OH is 1. The molecule has 0 spiro atoms. The molecule has 2 rings (SSSR count). The van der Waals surface area contributed by atoms with Crippen molar-refractivity contribution in [3.8, 4) is 11.6 Å². The zero-order valence-electron chi connectivity index (χ0n) is 9.92. The minimum absolute atomic E-state index is 0.0949. The number of benzene rings is 1. The van der Waals surface area contributed by atoms with Crippen LogP contribution in [0, 0.1) is 6.92 Å². The maximum Gasteiger partial charge on any atom is 0.227 e. The van der Waals surface area contributed by atoms with E-state index in [1.807, 2.05) is 12.1 Å². The summed E-state index contributed by atoms with van der Waals surface area (Å²) in [5.74, 6) is 6.80. The van der Waals surface area contributed by atoms with E-state index in [0.717, 1.165) is 0 Å². The first kappa shape index (κ1) is 12.3. The van der Waals surface area contributed by atoms with E-state index in [0.29, 0.717) is 28.6 Å². The van der Waals surface area contributed by atoms with Gasteiger partial charge < -0.3 is 15.3 Å². The van der Waals surface area contributed by atoms with Crippen LogP contribution in [0.5, 0.6) is 11.6 Å². The van der Waals surface area contributed by atoms with Crippen LogP contribution in [0.25, 0.3) is 0 Å². The number of nitrogen functional groups attached to an aromatic ring is 1. The summed E-state index contributed by atoms with van der Waals surface area (Å²) in [6.07, 6.45) is 1.36. The number of hydrazine groups is 1. The molecule has 6 nitrogen and oxygen atoms in total. The fraction of sp³-hybridized carbons (Fsp3) is 0.167. The summed E-state index contributed by atoms with van der Waals surface area (Å²) in [5.41, 5.74) is 3.86. The maximum atomic E-state index is 9.22. The third-order valence-corrected chi connectivity index (χ3v) is 2.52. The number of aromatic nitrogens is 2. The van der Waals surface area contributed by atoms with Gasteiger partial charge >= 0.3 is 0 Å². The van der Waals surface area contributed by atoms with Crippen LogP contribution in [-0.2, 0) is 6.61 Å². The minimum Gasteiger partial charge on any atom is -0.438 e. The van der Waals surface area contributed by atoms with Crippen LogP contribution >= 0.6 is 0 Å². The number of anilines is 1. The van der Waals surface area contributed by atoms with Gasteiger partial charge in [0.15, 0.2) is 0 Å². The van der Waals surface area contributed by atoms with E-state index in [1.54, 1.807) is 19.1 Å². The molecule has 94 valence electrons. The molecule has 0 fully saturated rings. The largest absolute Gasteiger partial charge is 0.438 e. The highest BCUT2D eigenvalue weighted by molar-refractivity contribution is 5.48. The van der Waals surface area contributed by atoms with Gasteiger partial charge in [0.1, 0.15) is 17.9 Å². The molecule has 1 aromatic carbocycles. The van der Waals surface area contributed by atoms with E-state index in [2.05, 4.69) is 15.4 Å². The zero-order chi connectivity index (χ0) is 13.0. The monoisotopic (exact) mass is 246 g/mol. The molecule has 0 radical (unpaired) electrons. The van der Waals surface area contributed by atoms with E-state index < -0.39 is 0 Å². The molecule has 2 aromatic rings. The lowest BCUT2D eigenvalue weighted by Gasteiger charge is -2.11. The van der Waals surface area contributed by atoms with Crippen molar-refractivity contribution in [1.82, 2.24) is 9.97 Å². The van der Waals surface area contributed by atoms with Crippen molar-refractivity contribution in [3.05, 3.63) is 41.7 Å². The predicted octanol–water partition coefficient (Wildman–Crippen LogP) is 1.36. The van der Waals surface area contributed by atoms with Crippen molar-refractivity contribution in [2.45, 2.75) is 13.5 Å². The molecule has 0 amide bonds. The lowest BCUT2D eigenvalue weighted by atomic mass is 10.2. The fourth-order valence-electron chi connectivity index (χ4n) is 1.52. The number of hydrogen-bond donors (Lipinski definition) is 3. The summed E-state index contributed by atoms with van der Waals surface area (Å²) in [6.45, 7) is 1.70. The summed E-state index contributed by atoms with van der Waals surface area (Å²) < 4.78 is 5.67. The molecule has 0 aliphatic carbocycles. The number of aliphatic hydroxyl groups is 1. The van der Waals surface area contributed by atoms with Crippen LogP contribution < -0.4 is 16.0 Å². The van der Waals surface area contributed by atoms with E-state index in [4.69, 9.17) is 10.6 Å². The Bertz CT molecular complexity index is 545. The molecule has 1 aromatic heterocycles. The molecular formula is C12H14N4O2. The highest BCUT2D eigenvalue weighted by Gasteiger charge is 2.10. The van der Waals surface area contributed by atoms with Gasteiger partial charge in [0.25, 0.3) is 0 Å². The number of nitrogens with zero attached hydrogens (tertiary/aromatic N) is 2. The number of ether oxygens (including phenoxy) is 1. The molecule has 1 heterocycles. The van der Waals surface area contributed by atoms with Gasteiger partial charge in [0, 0.05) is 5.56 Å². The van der Waals surface area contributed by atoms with Gasteiger partial charge in [-0.2, -0.15) is 0 Å². The van der Waals surface area contributed by atoms with Crippen molar-refractivity contribution in [1.29, 1.82) is 0 Å².